The lowest BCUT2D eigenvalue weighted by atomic mass is 10.0. The van der Waals surface area contributed by atoms with Crippen LogP contribution in [0.25, 0.3) is 0 Å². The Morgan fingerprint density at radius 3 is 2.54 bits per heavy atom. The number of piperidine rings is 1. The van der Waals surface area contributed by atoms with Crippen LogP contribution in [0.15, 0.2) is 30.3 Å². The Morgan fingerprint density at radius 1 is 1.25 bits per heavy atom. The lowest BCUT2D eigenvalue weighted by Gasteiger charge is -2.35. The minimum Gasteiger partial charge on any atom is -0.444 e. The Bertz CT molecular complexity index is 570. The van der Waals surface area contributed by atoms with Crippen molar-refractivity contribution in [2.24, 2.45) is 0 Å². The number of benzene rings is 1. The van der Waals surface area contributed by atoms with E-state index in [9.17, 15) is 14.7 Å². The summed E-state index contributed by atoms with van der Waals surface area (Å²) < 4.78 is 5.19. The number of nitrogens with zero attached hydrogens (tertiary/aromatic N) is 1. The topological polar surface area (TPSA) is 88.1 Å². The van der Waals surface area contributed by atoms with Gasteiger partial charge in [0.15, 0.2) is 0 Å². The largest absolute Gasteiger partial charge is 0.444 e. The van der Waals surface area contributed by atoms with Crippen LogP contribution in [0.1, 0.15) is 37.6 Å². The quantitative estimate of drug-likeness (QED) is 0.874. The van der Waals surface area contributed by atoms with E-state index < -0.39 is 29.8 Å². The molecule has 1 fully saturated rings. The Balaban J connectivity index is 1.90. The van der Waals surface area contributed by atoms with Gasteiger partial charge in [-0.25, -0.2) is 9.59 Å². The summed E-state index contributed by atoms with van der Waals surface area (Å²) in [6.07, 6.45) is -0.949. The molecule has 1 aromatic carbocycles. The zero-order chi connectivity index (χ0) is 17.7. The van der Waals surface area contributed by atoms with Crippen LogP contribution in [0.3, 0.4) is 0 Å². The smallest absolute Gasteiger partial charge is 0.408 e. The standard InChI is InChI=1S/C17H24N2O5/c1-17(2,3)23-16(22)18-13-11-19(10-9-14(13)20)24-15(21)12-7-5-4-6-8-12/h4-8,13-14,20H,9-11H2,1-3H3,(H,18,22)/t13-,14-/m0/s1. The molecule has 1 aliphatic rings. The highest BCUT2D eigenvalue weighted by Crippen LogP contribution is 2.14. The van der Waals surface area contributed by atoms with Gasteiger partial charge < -0.3 is 20.0 Å². The van der Waals surface area contributed by atoms with Crippen molar-refractivity contribution in [2.75, 3.05) is 13.1 Å². The van der Waals surface area contributed by atoms with Crippen LogP contribution in [-0.2, 0) is 9.57 Å². The van der Waals surface area contributed by atoms with Crippen LogP contribution in [0.2, 0.25) is 0 Å². The van der Waals surface area contributed by atoms with Gasteiger partial charge in [0, 0.05) is 6.54 Å². The van der Waals surface area contributed by atoms with Gasteiger partial charge in [-0.1, -0.05) is 18.2 Å². The average Bonchev–Trinajstić information content (AvgIpc) is 2.49. The van der Waals surface area contributed by atoms with Crippen molar-refractivity contribution >= 4 is 12.1 Å². The highest BCUT2D eigenvalue weighted by Gasteiger charge is 2.32. The Morgan fingerprint density at radius 2 is 1.92 bits per heavy atom. The van der Waals surface area contributed by atoms with Crippen LogP contribution < -0.4 is 5.32 Å². The van der Waals surface area contributed by atoms with Crippen molar-refractivity contribution in [2.45, 2.75) is 44.9 Å². The molecule has 1 aliphatic heterocycles. The van der Waals surface area contributed by atoms with Crippen molar-refractivity contribution in [3.8, 4) is 0 Å². The lowest BCUT2D eigenvalue weighted by molar-refractivity contribution is -0.141. The molecule has 0 radical (unpaired) electrons. The number of nitrogens with one attached hydrogen (secondary N) is 1. The summed E-state index contributed by atoms with van der Waals surface area (Å²) in [5, 5.41) is 14.1. The van der Waals surface area contributed by atoms with Gasteiger partial charge >= 0.3 is 12.1 Å². The summed E-state index contributed by atoms with van der Waals surface area (Å²) >= 11 is 0. The average molecular weight is 336 g/mol. The Hall–Kier alpha value is -2.12. The number of hydrogen-bond donors (Lipinski definition) is 2. The molecule has 132 valence electrons. The van der Waals surface area contributed by atoms with Crippen molar-refractivity contribution in [3.63, 3.8) is 0 Å². The fourth-order valence-corrected chi connectivity index (χ4v) is 2.34. The van der Waals surface area contributed by atoms with Crippen molar-refractivity contribution in [1.29, 1.82) is 0 Å². The second kappa shape index (κ2) is 7.63. The zero-order valence-electron chi connectivity index (χ0n) is 14.2. The van der Waals surface area contributed by atoms with Gasteiger partial charge in [0.2, 0.25) is 0 Å². The van der Waals surface area contributed by atoms with Crippen molar-refractivity contribution < 1.29 is 24.3 Å². The number of alkyl carbamates (subject to hydrolysis) is 1. The maximum atomic E-state index is 12.1. The molecule has 0 aromatic heterocycles. The Labute approximate surface area is 141 Å². The minimum absolute atomic E-state index is 0.193. The molecule has 24 heavy (non-hydrogen) atoms. The summed E-state index contributed by atoms with van der Waals surface area (Å²) in [5.41, 5.74) is -0.177. The maximum Gasteiger partial charge on any atom is 0.408 e. The van der Waals surface area contributed by atoms with E-state index in [0.717, 1.165) is 0 Å². The molecule has 7 nitrogen and oxygen atoms in total. The molecule has 0 bridgehead atoms. The molecule has 0 aliphatic carbocycles. The predicted octanol–water partition coefficient (Wildman–Crippen LogP) is 1.72. The van der Waals surface area contributed by atoms with Gasteiger partial charge in [-0.15, -0.1) is 5.06 Å². The maximum absolute atomic E-state index is 12.1. The number of carbonyl (C=O) groups excluding carboxylic acids is 2. The molecule has 0 saturated carbocycles. The second-order valence-corrected chi connectivity index (χ2v) is 6.74. The van der Waals surface area contributed by atoms with Crippen LogP contribution in [-0.4, -0.2) is 53.1 Å². The number of hydrogen-bond acceptors (Lipinski definition) is 6. The number of aliphatic hydroxyl groups excluding tert-OH is 1. The first kappa shape index (κ1) is 18.2. The van der Waals surface area contributed by atoms with Gasteiger partial charge in [0.05, 0.1) is 24.3 Å². The molecule has 2 rings (SSSR count). The third-order valence-corrected chi connectivity index (χ3v) is 3.46. The molecule has 1 heterocycles. The summed E-state index contributed by atoms with van der Waals surface area (Å²) in [4.78, 5) is 29.3. The summed E-state index contributed by atoms with van der Waals surface area (Å²) in [6.45, 7) is 5.87. The molecular weight excluding hydrogens is 312 g/mol. The number of hydroxylamine groups is 2. The normalized spacial score (nSPS) is 21.8. The van der Waals surface area contributed by atoms with Crippen LogP contribution in [0.4, 0.5) is 4.79 Å². The number of amides is 1. The third kappa shape index (κ3) is 5.50. The second-order valence-electron chi connectivity index (χ2n) is 6.74. The van der Waals surface area contributed by atoms with E-state index in [1.807, 2.05) is 6.07 Å². The third-order valence-electron chi connectivity index (χ3n) is 3.46. The summed E-state index contributed by atoms with van der Waals surface area (Å²) in [5.74, 6) is -0.469. The van der Waals surface area contributed by atoms with Gasteiger partial charge in [-0.2, -0.15) is 0 Å². The zero-order valence-corrected chi connectivity index (χ0v) is 14.2. The van der Waals surface area contributed by atoms with Crippen LogP contribution in [0.5, 0.6) is 0 Å². The highest BCUT2D eigenvalue weighted by molar-refractivity contribution is 5.89. The van der Waals surface area contributed by atoms with Crippen LogP contribution in [0, 0.1) is 0 Å². The van der Waals surface area contributed by atoms with E-state index >= 15 is 0 Å². The molecular formula is C17H24N2O5. The lowest BCUT2D eigenvalue weighted by Crippen LogP contribution is -2.56. The molecule has 7 heteroatoms. The SMILES string of the molecule is CC(C)(C)OC(=O)N[C@H]1CN(OC(=O)c2ccccc2)CC[C@@H]1O. The Kier molecular flexibility index (Phi) is 5.80. The minimum atomic E-state index is -0.718. The van der Waals surface area contributed by atoms with Crippen LogP contribution >= 0.6 is 0 Å². The van der Waals surface area contributed by atoms with Crippen molar-refractivity contribution in [3.05, 3.63) is 35.9 Å². The van der Waals surface area contributed by atoms with E-state index in [2.05, 4.69) is 5.32 Å². The predicted molar refractivity (Wildman–Crippen MR) is 87.2 cm³/mol. The van der Waals surface area contributed by atoms with E-state index in [1.54, 1.807) is 45.0 Å². The summed E-state index contributed by atoms with van der Waals surface area (Å²) in [7, 11) is 0. The molecule has 2 N–H and O–H groups in total. The molecule has 1 aromatic rings. The number of carbonyl (C=O) groups is 2. The van der Waals surface area contributed by atoms with E-state index in [4.69, 9.17) is 9.57 Å². The molecule has 1 amide bonds. The van der Waals surface area contributed by atoms with E-state index in [0.29, 0.717) is 18.5 Å². The van der Waals surface area contributed by atoms with Crippen molar-refractivity contribution in [1.82, 2.24) is 10.4 Å². The fourth-order valence-electron chi connectivity index (χ4n) is 2.34. The van der Waals surface area contributed by atoms with Gasteiger partial charge in [0.25, 0.3) is 0 Å². The van der Waals surface area contributed by atoms with Gasteiger partial charge in [0.1, 0.15) is 5.60 Å². The summed E-state index contributed by atoms with van der Waals surface area (Å²) in [6, 6.07) is 8.08. The monoisotopic (exact) mass is 336 g/mol. The fraction of sp³-hybridized carbons (Fsp3) is 0.529. The molecule has 1 saturated heterocycles. The molecule has 2 atom stereocenters. The molecule has 0 spiro atoms. The van der Waals surface area contributed by atoms with Gasteiger partial charge in [-0.05, 0) is 39.3 Å². The first-order valence-electron chi connectivity index (χ1n) is 7.94. The first-order chi connectivity index (χ1) is 11.2. The highest BCUT2D eigenvalue weighted by atomic mass is 16.7. The van der Waals surface area contributed by atoms with E-state index in [1.165, 1.54) is 5.06 Å². The number of rotatable bonds is 3. The number of aliphatic hydroxyl groups is 1. The van der Waals surface area contributed by atoms with E-state index in [-0.39, 0.29) is 6.54 Å². The number of ether oxygens (including phenoxy) is 1. The van der Waals surface area contributed by atoms with Gasteiger partial charge in [-0.3, -0.25) is 0 Å². The first-order valence-corrected chi connectivity index (χ1v) is 7.94. The molecule has 0 unspecified atom stereocenters.